The second-order valence-electron chi connectivity index (χ2n) is 4.72. The zero-order valence-electron chi connectivity index (χ0n) is 11.6. The van der Waals surface area contributed by atoms with Crippen molar-refractivity contribution in [3.8, 4) is 0 Å². The van der Waals surface area contributed by atoms with Crippen LogP contribution in [-0.2, 0) is 6.54 Å². The molecule has 112 valence electrons. The number of nitrogens with one attached hydrogen (secondary N) is 1. The van der Waals surface area contributed by atoms with Crippen molar-refractivity contribution in [2.24, 2.45) is 0 Å². The van der Waals surface area contributed by atoms with Gasteiger partial charge < -0.3 is 10.4 Å². The minimum absolute atomic E-state index is 0.00723. The van der Waals surface area contributed by atoms with Crippen molar-refractivity contribution in [2.45, 2.75) is 25.6 Å². The average molecular weight is 291 g/mol. The normalized spacial score (nSPS) is 13.8. The van der Waals surface area contributed by atoms with Crippen LogP contribution in [0.5, 0.6) is 0 Å². The third kappa shape index (κ3) is 4.33. The minimum Gasteiger partial charge on any atom is -0.390 e. The molecule has 2 N–H and O–H groups in total. The molecule has 0 saturated carbocycles. The molecular weight excluding hydrogens is 274 g/mol. The van der Waals surface area contributed by atoms with Crippen LogP contribution in [0.1, 0.15) is 18.7 Å². The van der Waals surface area contributed by atoms with Crippen LogP contribution in [-0.4, -0.2) is 37.4 Å². The largest absolute Gasteiger partial charge is 0.390 e. The Hall–Kier alpha value is -2.32. The molecule has 2 unspecified atom stereocenters. The molecule has 0 fully saturated rings. The molecular formula is C13H17N5O3. The molecule has 8 nitrogen and oxygen atoms in total. The van der Waals surface area contributed by atoms with Crippen LogP contribution in [0.15, 0.2) is 36.8 Å². The van der Waals surface area contributed by atoms with Gasteiger partial charge in [0.1, 0.15) is 12.4 Å². The number of rotatable bonds is 7. The Kier molecular flexibility index (Phi) is 4.96. The summed E-state index contributed by atoms with van der Waals surface area (Å²) in [4.78, 5) is 14.3. The molecule has 0 aliphatic carbocycles. The standard InChI is InChI=1S/C13H17N5O3/c1-10(13-4-2-3-5-14-13)15-7-12(19)9-17-8-11(6-16-17)18(20)21/h2-6,8,10,12,15,19H,7,9H2,1H3. The quantitative estimate of drug-likeness (QED) is 0.580. The first kappa shape index (κ1) is 15.1. The van der Waals surface area contributed by atoms with Crippen LogP contribution in [0.2, 0.25) is 0 Å². The number of aliphatic hydroxyl groups is 1. The van der Waals surface area contributed by atoms with Crippen LogP contribution in [0, 0.1) is 10.1 Å². The molecule has 0 amide bonds. The highest BCUT2D eigenvalue weighted by Gasteiger charge is 2.13. The molecule has 0 radical (unpaired) electrons. The summed E-state index contributed by atoms with van der Waals surface area (Å²) in [5.74, 6) is 0. The molecule has 2 heterocycles. The van der Waals surface area contributed by atoms with E-state index in [1.165, 1.54) is 10.9 Å². The second kappa shape index (κ2) is 6.91. The fourth-order valence-electron chi connectivity index (χ4n) is 1.88. The zero-order chi connectivity index (χ0) is 15.2. The Morgan fingerprint density at radius 1 is 1.52 bits per heavy atom. The van der Waals surface area contributed by atoms with Crippen LogP contribution in [0.25, 0.3) is 0 Å². The van der Waals surface area contributed by atoms with Gasteiger partial charge in [0, 0.05) is 18.8 Å². The molecule has 2 aromatic heterocycles. The van der Waals surface area contributed by atoms with E-state index in [1.807, 2.05) is 25.1 Å². The van der Waals surface area contributed by atoms with E-state index < -0.39 is 11.0 Å². The summed E-state index contributed by atoms with van der Waals surface area (Å²) in [7, 11) is 0. The highest BCUT2D eigenvalue weighted by atomic mass is 16.6. The van der Waals surface area contributed by atoms with Crippen molar-refractivity contribution in [3.63, 3.8) is 0 Å². The van der Waals surface area contributed by atoms with Crippen molar-refractivity contribution in [3.05, 3.63) is 52.6 Å². The van der Waals surface area contributed by atoms with Crippen molar-refractivity contribution in [1.82, 2.24) is 20.1 Å². The number of nitro groups is 1. The number of nitrogens with zero attached hydrogens (tertiary/aromatic N) is 4. The summed E-state index contributed by atoms with van der Waals surface area (Å²) in [6, 6.07) is 5.66. The molecule has 2 aromatic rings. The van der Waals surface area contributed by atoms with E-state index >= 15 is 0 Å². The summed E-state index contributed by atoms with van der Waals surface area (Å²) in [5, 5.41) is 27.5. The molecule has 0 bridgehead atoms. The van der Waals surface area contributed by atoms with Gasteiger partial charge in [0.05, 0.1) is 23.3 Å². The summed E-state index contributed by atoms with van der Waals surface area (Å²) >= 11 is 0. The van der Waals surface area contributed by atoms with Gasteiger partial charge in [-0.2, -0.15) is 5.10 Å². The minimum atomic E-state index is -0.698. The van der Waals surface area contributed by atoms with Gasteiger partial charge in [-0.15, -0.1) is 0 Å². The van der Waals surface area contributed by atoms with Gasteiger partial charge in [0.25, 0.3) is 0 Å². The lowest BCUT2D eigenvalue weighted by molar-refractivity contribution is -0.385. The Balaban J connectivity index is 1.81. The van der Waals surface area contributed by atoms with E-state index in [4.69, 9.17) is 0 Å². The smallest absolute Gasteiger partial charge is 0.306 e. The van der Waals surface area contributed by atoms with Crippen molar-refractivity contribution >= 4 is 5.69 Å². The zero-order valence-corrected chi connectivity index (χ0v) is 11.6. The average Bonchev–Trinajstić information content (AvgIpc) is 2.94. The van der Waals surface area contributed by atoms with Crippen molar-refractivity contribution < 1.29 is 10.0 Å². The molecule has 21 heavy (non-hydrogen) atoms. The summed E-state index contributed by atoms with van der Waals surface area (Å²) in [6.07, 6.45) is 3.48. The first-order chi connectivity index (χ1) is 10.1. The topological polar surface area (TPSA) is 106 Å². The fraction of sp³-hybridized carbons (Fsp3) is 0.385. The van der Waals surface area contributed by atoms with E-state index in [1.54, 1.807) is 6.20 Å². The maximum absolute atomic E-state index is 10.5. The van der Waals surface area contributed by atoms with Crippen LogP contribution >= 0.6 is 0 Å². The van der Waals surface area contributed by atoms with Crippen LogP contribution in [0.3, 0.4) is 0 Å². The summed E-state index contributed by atoms with van der Waals surface area (Å²) in [5.41, 5.74) is 0.802. The lowest BCUT2D eigenvalue weighted by Gasteiger charge is -2.16. The Bertz CT molecular complexity index is 587. The Labute approximate surface area is 121 Å². The number of aliphatic hydroxyl groups excluding tert-OH is 1. The van der Waals surface area contributed by atoms with Gasteiger partial charge in [0.2, 0.25) is 0 Å². The third-order valence-electron chi connectivity index (χ3n) is 3.02. The van der Waals surface area contributed by atoms with Crippen molar-refractivity contribution in [2.75, 3.05) is 6.54 Å². The van der Waals surface area contributed by atoms with E-state index in [0.29, 0.717) is 6.54 Å². The Morgan fingerprint density at radius 3 is 2.95 bits per heavy atom. The predicted molar refractivity (Wildman–Crippen MR) is 75.5 cm³/mol. The van der Waals surface area contributed by atoms with Gasteiger partial charge in [-0.25, -0.2) is 0 Å². The van der Waals surface area contributed by atoms with E-state index in [9.17, 15) is 15.2 Å². The molecule has 8 heteroatoms. The lowest BCUT2D eigenvalue weighted by atomic mass is 10.2. The van der Waals surface area contributed by atoms with Crippen molar-refractivity contribution in [1.29, 1.82) is 0 Å². The van der Waals surface area contributed by atoms with Gasteiger partial charge in [0.15, 0.2) is 0 Å². The molecule has 0 aliphatic heterocycles. The van der Waals surface area contributed by atoms with Gasteiger partial charge in [-0.3, -0.25) is 19.8 Å². The monoisotopic (exact) mass is 291 g/mol. The Morgan fingerprint density at radius 2 is 2.33 bits per heavy atom. The van der Waals surface area contributed by atoms with E-state index in [-0.39, 0.29) is 18.3 Å². The molecule has 0 spiro atoms. The number of hydrogen-bond acceptors (Lipinski definition) is 6. The molecule has 0 saturated heterocycles. The highest BCUT2D eigenvalue weighted by Crippen LogP contribution is 2.09. The maximum atomic E-state index is 10.5. The number of pyridine rings is 1. The predicted octanol–water partition coefficient (Wildman–Crippen LogP) is 0.898. The third-order valence-corrected chi connectivity index (χ3v) is 3.02. The van der Waals surface area contributed by atoms with E-state index in [2.05, 4.69) is 15.4 Å². The van der Waals surface area contributed by atoms with Crippen LogP contribution < -0.4 is 5.32 Å². The molecule has 2 atom stereocenters. The molecule has 2 rings (SSSR count). The molecule has 0 aliphatic rings. The fourth-order valence-corrected chi connectivity index (χ4v) is 1.88. The lowest BCUT2D eigenvalue weighted by Crippen LogP contribution is -2.32. The summed E-state index contributed by atoms with van der Waals surface area (Å²) < 4.78 is 1.36. The molecule has 0 aromatic carbocycles. The second-order valence-corrected chi connectivity index (χ2v) is 4.72. The SMILES string of the molecule is CC(NCC(O)Cn1cc([N+](=O)[O-])cn1)c1ccccn1. The first-order valence-electron chi connectivity index (χ1n) is 6.55. The maximum Gasteiger partial charge on any atom is 0.306 e. The van der Waals surface area contributed by atoms with Crippen LogP contribution in [0.4, 0.5) is 5.69 Å². The highest BCUT2D eigenvalue weighted by molar-refractivity contribution is 5.20. The summed E-state index contributed by atoms with van der Waals surface area (Å²) in [6.45, 7) is 2.48. The van der Waals surface area contributed by atoms with Gasteiger partial charge >= 0.3 is 5.69 Å². The van der Waals surface area contributed by atoms with Gasteiger partial charge in [-0.05, 0) is 19.1 Å². The first-order valence-corrected chi connectivity index (χ1v) is 6.55. The van der Waals surface area contributed by atoms with Gasteiger partial charge in [-0.1, -0.05) is 6.07 Å². The number of hydrogen-bond donors (Lipinski definition) is 2. The van der Waals surface area contributed by atoms with E-state index in [0.717, 1.165) is 11.9 Å². The number of aromatic nitrogens is 3.